The largest absolute Gasteiger partial charge is 0.495 e. The fraction of sp³-hybridized carbons (Fsp3) is 0.176. The van der Waals surface area contributed by atoms with E-state index >= 15 is 0 Å². The van der Waals surface area contributed by atoms with Gasteiger partial charge >= 0.3 is 5.97 Å². The Morgan fingerprint density at radius 2 is 1.96 bits per heavy atom. The number of carbonyl (C=O) groups excluding carboxylic acids is 2. The van der Waals surface area contributed by atoms with Gasteiger partial charge in [-0.15, -0.1) is 0 Å². The molecular weight excluding hydrogens is 332 g/mol. The highest BCUT2D eigenvalue weighted by molar-refractivity contribution is 6.31. The Morgan fingerprint density at radius 3 is 2.67 bits per heavy atom. The van der Waals surface area contributed by atoms with Crippen LogP contribution in [0, 0.1) is 6.92 Å². The summed E-state index contributed by atoms with van der Waals surface area (Å²) in [4.78, 5) is 24.0. The van der Waals surface area contributed by atoms with Gasteiger partial charge in [0, 0.05) is 10.7 Å². The lowest BCUT2D eigenvalue weighted by Gasteiger charge is -2.11. The molecule has 7 heteroatoms. The number of benzene rings is 2. The van der Waals surface area contributed by atoms with Crippen molar-refractivity contribution in [3.8, 4) is 5.75 Å². The van der Waals surface area contributed by atoms with Crippen LogP contribution in [0.3, 0.4) is 0 Å². The van der Waals surface area contributed by atoms with Gasteiger partial charge in [-0.2, -0.15) is 0 Å². The summed E-state index contributed by atoms with van der Waals surface area (Å²) in [7, 11) is 1.50. The molecule has 0 fully saturated rings. The molecule has 0 aliphatic rings. The molecule has 3 N–H and O–H groups in total. The number of nitrogens with one attached hydrogen (secondary N) is 1. The van der Waals surface area contributed by atoms with Gasteiger partial charge in [0.15, 0.2) is 6.61 Å². The average molecular weight is 349 g/mol. The van der Waals surface area contributed by atoms with Crippen molar-refractivity contribution in [2.75, 3.05) is 24.8 Å². The number of anilines is 2. The van der Waals surface area contributed by atoms with Crippen LogP contribution in [0.4, 0.5) is 11.4 Å². The van der Waals surface area contributed by atoms with E-state index in [9.17, 15) is 9.59 Å². The molecule has 0 radical (unpaired) electrons. The molecule has 0 aromatic heterocycles. The van der Waals surface area contributed by atoms with E-state index in [1.54, 1.807) is 18.2 Å². The minimum atomic E-state index is -0.721. The Hall–Kier alpha value is -2.73. The maximum absolute atomic E-state index is 12.0. The number of halogens is 1. The number of methoxy groups -OCH3 is 1. The van der Waals surface area contributed by atoms with Gasteiger partial charge in [-0.25, -0.2) is 4.79 Å². The van der Waals surface area contributed by atoms with Crippen molar-refractivity contribution in [1.82, 2.24) is 0 Å². The third-order valence-corrected chi connectivity index (χ3v) is 3.43. The van der Waals surface area contributed by atoms with Gasteiger partial charge in [-0.05, 0) is 42.8 Å². The SMILES string of the molecule is COc1ccc(C)cc1NC(=O)COC(=O)c1cc(Cl)ccc1N. The van der Waals surface area contributed by atoms with Gasteiger partial charge in [0.2, 0.25) is 0 Å². The van der Waals surface area contributed by atoms with E-state index in [1.807, 2.05) is 13.0 Å². The first-order chi connectivity index (χ1) is 11.4. The van der Waals surface area contributed by atoms with Gasteiger partial charge in [-0.3, -0.25) is 4.79 Å². The molecule has 0 spiro atoms. The minimum Gasteiger partial charge on any atom is -0.495 e. The number of ether oxygens (including phenoxy) is 2. The molecule has 126 valence electrons. The summed E-state index contributed by atoms with van der Waals surface area (Å²) in [5, 5.41) is 2.99. The molecule has 0 aliphatic carbocycles. The molecule has 24 heavy (non-hydrogen) atoms. The highest BCUT2D eigenvalue weighted by Crippen LogP contribution is 2.25. The molecule has 0 atom stereocenters. The standard InChI is InChI=1S/C17H17ClN2O4/c1-10-3-6-15(23-2)14(7-10)20-16(21)9-24-17(22)12-8-11(18)4-5-13(12)19/h3-8H,9,19H2,1-2H3,(H,20,21). The van der Waals surface area contributed by atoms with Gasteiger partial charge in [0.1, 0.15) is 5.75 Å². The number of hydrogen-bond acceptors (Lipinski definition) is 5. The molecule has 0 heterocycles. The number of rotatable bonds is 5. The summed E-state index contributed by atoms with van der Waals surface area (Å²) in [5.41, 5.74) is 7.49. The summed E-state index contributed by atoms with van der Waals surface area (Å²) in [6.45, 7) is 1.43. The Labute approximate surface area is 144 Å². The lowest BCUT2D eigenvalue weighted by Crippen LogP contribution is -2.21. The van der Waals surface area contributed by atoms with Crippen LogP contribution in [-0.2, 0) is 9.53 Å². The molecule has 6 nitrogen and oxygen atoms in total. The summed E-state index contributed by atoms with van der Waals surface area (Å²) in [6.07, 6.45) is 0. The molecule has 0 bridgehead atoms. The number of esters is 1. The van der Waals surface area contributed by atoms with E-state index in [4.69, 9.17) is 26.8 Å². The van der Waals surface area contributed by atoms with Crippen molar-refractivity contribution < 1.29 is 19.1 Å². The normalized spacial score (nSPS) is 10.1. The highest BCUT2D eigenvalue weighted by Gasteiger charge is 2.15. The summed E-state index contributed by atoms with van der Waals surface area (Å²) < 4.78 is 10.1. The Balaban J connectivity index is 2.00. The van der Waals surface area contributed by atoms with Crippen LogP contribution in [0.15, 0.2) is 36.4 Å². The van der Waals surface area contributed by atoms with E-state index < -0.39 is 18.5 Å². The van der Waals surface area contributed by atoms with Crippen LogP contribution in [-0.4, -0.2) is 25.6 Å². The average Bonchev–Trinajstić information content (AvgIpc) is 2.55. The molecular formula is C17H17ClN2O4. The second-order valence-corrected chi connectivity index (χ2v) is 5.50. The zero-order chi connectivity index (χ0) is 17.7. The predicted molar refractivity (Wildman–Crippen MR) is 92.5 cm³/mol. The fourth-order valence-corrected chi connectivity index (χ4v) is 2.19. The molecule has 0 saturated heterocycles. The predicted octanol–water partition coefficient (Wildman–Crippen LogP) is 3.03. The van der Waals surface area contributed by atoms with Crippen LogP contribution < -0.4 is 15.8 Å². The maximum Gasteiger partial charge on any atom is 0.340 e. The van der Waals surface area contributed by atoms with E-state index in [0.29, 0.717) is 16.5 Å². The fourth-order valence-electron chi connectivity index (χ4n) is 2.02. The lowest BCUT2D eigenvalue weighted by molar-refractivity contribution is -0.119. The summed E-state index contributed by atoms with van der Waals surface area (Å²) in [5.74, 6) is -0.700. The van der Waals surface area contributed by atoms with E-state index in [2.05, 4.69) is 5.32 Å². The number of nitrogen functional groups attached to an aromatic ring is 1. The molecule has 0 aliphatic heterocycles. The van der Waals surface area contributed by atoms with Crippen molar-refractivity contribution in [3.63, 3.8) is 0 Å². The number of aryl methyl sites for hydroxylation is 1. The van der Waals surface area contributed by atoms with Crippen molar-refractivity contribution >= 4 is 34.9 Å². The topological polar surface area (TPSA) is 90.6 Å². The summed E-state index contributed by atoms with van der Waals surface area (Å²) >= 11 is 5.82. The van der Waals surface area contributed by atoms with Crippen molar-refractivity contribution in [3.05, 3.63) is 52.5 Å². The van der Waals surface area contributed by atoms with Crippen LogP contribution in [0.25, 0.3) is 0 Å². The third kappa shape index (κ3) is 4.39. The molecule has 2 rings (SSSR count). The van der Waals surface area contributed by atoms with E-state index in [1.165, 1.54) is 19.2 Å². The monoisotopic (exact) mass is 348 g/mol. The molecule has 0 unspecified atom stereocenters. The van der Waals surface area contributed by atoms with Gasteiger partial charge in [0.05, 0.1) is 18.4 Å². The van der Waals surface area contributed by atoms with Crippen LogP contribution in [0.5, 0.6) is 5.75 Å². The smallest absolute Gasteiger partial charge is 0.340 e. The summed E-state index contributed by atoms with van der Waals surface area (Å²) in [6, 6.07) is 9.80. The van der Waals surface area contributed by atoms with Crippen LogP contribution >= 0.6 is 11.6 Å². The first kappa shape index (κ1) is 17.6. The zero-order valence-corrected chi connectivity index (χ0v) is 14.0. The number of carbonyl (C=O) groups is 2. The minimum absolute atomic E-state index is 0.114. The van der Waals surface area contributed by atoms with Gasteiger partial charge in [-0.1, -0.05) is 17.7 Å². The first-order valence-electron chi connectivity index (χ1n) is 7.07. The van der Waals surface area contributed by atoms with Gasteiger partial charge < -0.3 is 20.5 Å². The molecule has 2 aromatic rings. The molecule has 1 amide bonds. The lowest BCUT2D eigenvalue weighted by atomic mass is 10.2. The Kier molecular flexibility index (Phi) is 5.65. The van der Waals surface area contributed by atoms with Crippen molar-refractivity contribution in [1.29, 1.82) is 0 Å². The van der Waals surface area contributed by atoms with Crippen molar-refractivity contribution in [2.45, 2.75) is 6.92 Å². The molecule has 2 aromatic carbocycles. The van der Waals surface area contributed by atoms with Crippen LogP contribution in [0.1, 0.15) is 15.9 Å². The first-order valence-corrected chi connectivity index (χ1v) is 7.45. The van der Waals surface area contributed by atoms with Crippen LogP contribution in [0.2, 0.25) is 5.02 Å². The second-order valence-electron chi connectivity index (χ2n) is 5.06. The van der Waals surface area contributed by atoms with Gasteiger partial charge in [0.25, 0.3) is 5.91 Å². The number of nitrogens with two attached hydrogens (primary N) is 1. The van der Waals surface area contributed by atoms with Crippen molar-refractivity contribution in [2.24, 2.45) is 0 Å². The Morgan fingerprint density at radius 1 is 1.21 bits per heavy atom. The second kappa shape index (κ2) is 7.70. The van der Waals surface area contributed by atoms with E-state index in [-0.39, 0.29) is 11.3 Å². The van der Waals surface area contributed by atoms with E-state index in [0.717, 1.165) is 5.56 Å². The Bertz CT molecular complexity index is 777. The number of amides is 1. The quantitative estimate of drug-likeness (QED) is 0.640. The third-order valence-electron chi connectivity index (χ3n) is 3.20. The maximum atomic E-state index is 12.0. The molecule has 0 saturated carbocycles. The highest BCUT2D eigenvalue weighted by atomic mass is 35.5. The number of hydrogen-bond donors (Lipinski definition) is 2. The zero-order valence-electron chi connectivity index (χ0n) is 13.3.